The summed E-state index contributed by atoms with van der Waals surface area (Å²) in [5.74, 6) is -0.362. The molecule has 30 heavy (non-hydrogen) atoms. The van der Waals surface area contributed by atoms with Gasteiger partial charge in [-0.05, 0) is 24.7 Å². The van der Waals surface area contributed by atoms with Gasteiger partial charge in [-0.15, -0.1) is 0 Å². The number of hydrazone groups is 1. The molecular formula is C22H29F2N3O2S. The second-order valence-corrected chi connectivity index (χ2v) is 7.24. The summed E-state index contributed by atoms with van der Waals surface area (Å²) < 4.78 is 32.8. The van der Waals surface area contributed by atoms with E-state index >= 15 is 0 Å². The molecular weight excluding hydrogens is 408 g/mol. The van der Waals surface area contributed by atoms with Gasteiger partial charge in [-0.1, -0.05) is 50.7 Å². The van der Waals surface area contributed by atoms with E-state index in [-0.39, 0.29) is 0 Å². The molecule has 1 unspecified atom stereocenters. The lowest BCUT2D eigenvalue weighted by Crippen LogP contribution is -2.39. The highest BCUT2D eigenvalue weighted by Crippen LogP contribution is 2.53. The zero-order valence-corrected chi connectivity index (χ0v) is 18.6. The monoisotopic (exact) mass is 437 g/mol. The highest BCUT2D eigenvalue weighted by Gasteiger charge is 2.47. The number of hydrogen-bond acceptors (Lipinski definition) is 6. The molecule has 0 amide bonds. The molecule has 0 aromatic heterocycles. The van der Waals surface area contributed by atoms with E-state index in [1.165, 1.54) is 23.9 Å². The summed E-state index contributed by atoms with van der Waals surface area (Å²) in [5.41, 5.74) is 6.34. The third-order valence-corrected chi connectivity index (χ3v) is 5.68. The number of halogens is 2. The smallest absolute Gasteiger partial charge is 0.140 e. The number of carbonyl (C=O) groups is 1. The molecule has 5 nitrogen and oxygen atoms in total. The summed E-state index contributed by atoms with van der Waals surface area (Å²) in [6, 6.07) is 11.3. The molecule has 0 fully saturated rings. The minimum Gasteiger partial charge on any atom is -0.493 e. The molecule has 0 aliphatic carbocycles. The zero-order valence-electron chi connectivity index (χ0n) is 17.8. The van der Waals surface area contributed by atoms with Gasteiger partial charge in [-0.25, -0.2) is 8.78 Å². The van der Waals surface area contributed by atoms with Crippen molar-refractivity contribution in [2.75, 3.05) is 20.2 Å². The van der Waals surface area contributed by atoms with Crippen molar-refractivity contribution in [3.63, 3.8) is 0 Å². The Morgan fingerprint density at radius 2 is 1.77 bits per heavy atom. The number of benzene rings is 2. The minimum atomic E-state index is -0.598. The molecule has 1 atom stereocenters. The Morgan fingerprint density at radius 1 is 1.20 bits per heavy atom. The van der Waals surface area contributed by atoms with Gasteiger partial charge in [0.25, 0.3) is 0 Å². The van der Waals surface area contributed by atoms with Gasteiger partial charge in [-0.2, -0.15) is 5.10 Å². The molecule has 2 N–H and O–H groups in total. The van der Waals surface area contributed by atoms with Crippen LogP contribution >= 0.6 is 11.8 Å². The lowest BCUT2D eigenvalue weighted by atomic mass is 9.99. The second-order valence-electron chi connectivity index (χ2n) is 5.98. The molecule has 0 radical (unpaired) electrons. The number of carbonyl (C=O) groups excluding carboxylic acids is 1. The van der Waals surface area contributed by atoms with Crippen LogP contribution in [0.5, 0.6) is 5.75 Å². The number of para-hydroxylation sites is 1. The topological polar surface area (TPSA) is 67.9 Å². The van der Waals surface area contributed by atoms with Gasteiger partial charge in [0.1, 0.15) is 34.1 Å². The van der Waals surface area contributed by atoms with Crippen molar-refractivity contribution in [1.82, 2.24) is 5.01 Å². The third kappa shape index (κ3) is 5.58. The molecule has 2 aromatic carbocycles. The van der Waals surface area contributed by atoms with Crippen molar-refractivity contribution in [2.24, 2.45) is 10.8 Å². The lowest BCUT2D eigenvalue weighted by molar-refractivity contribution is -0.0979. The largest absolute Gasteiger partial charge is 0.493 e. The van der Waals surface area contributed by atoms with Crippen LogP contribution in [0.3, 0.4) is 0 Å². The van der Waals surface area contributed by atoms with E-state index in [9.17, 15) is 8.78 Å². The van der Waals surface area contributed by atoms with E-state index in [1.54, 1.807) is 0 Å². The Morgan fingerprint density at radius 3 is 2.37 bits per heavy atom. The van der Waals surface area contributed by atoms with Gasteiger partial charge in [0, 0.05) is 30.7 Å². The van der Waals surface area contributed by atoms with Crippen LogP contribution in [0.4, 0.5) is 8.78 Å². The van der Waals surface area contributed by atoms with Crippen LogP contribution in [-0.2, 0) is 9.67 Å². The van der Waals surface area contributed by atoms with Crippen molar-refractivity contribution in [1.29, 1.82) is 0 Å². The van der Waals surface area contributed by atoms with Crippen LogP contribution in [0.2, 0.25) is 0 Å². The predicted molar refractivity (Wildman–Crippen MR) is 120 cm³/mol. The zero-order chi connectivity index (χ0) is 22.7. The molecule has 1 spiro atoms. The van der Waals surface area contributed by atoms with E-state index in [4.69, 9.17) is 15.3 Å². The molecule has 4 rings (SSSR count). The van der Waals surface area contributed by atoms with Crippen LogP contribution in [0.25, 0.3) is 0 Å². The van der Waals surface area contributed by atoms with Gasteiger partial charge in [0.05, 0.1) is 6.61 Å². The Bertz CT molecular complexity index is 831. The summed E-state index contributed by atoms with van der Waals surface area (Å²) in [6.07, 6.45) is 0.746. The van der Waals surface area contributed by atoms with Crippen molar-refractivity contribution in [3.8, 4) is 5.75 Å². The van der Waals surface area contributed by atoms with Crippen LogP contribution < -0.4 is 10.5 Å². The summed E-state index contributed by atoms with van der Waals surface area (Å²) in [5, 5.41) is 7.03. The van der Waals surface area contributed by atoms with E-state index in [1.807, 2.05) is 63.9 Å². The lowest BCUT2D eigenvalue weighted by Gasteiger charge is -2.39. The highest BCUT2D eigenvalue weighted by molar-refractivity contribution is 8.15. The third-order valence-electron chi connectivity index (χ3n) is 4.15. The first-order chi connectivity index (χ1) is 14.5. The fraction of sp³-hybridized carbons (Fsp3) is 0.364. The number of nitrogens with zero attached hydrogens (tertiary/aromatic N) is 2. The molecule has 0 saturated carbocycles. The summed E-state index contributed by atoms with van der Waals surface area (Å²) in [4.78, 5) is 7.60. The average Bonchev–Trinajstić information content (AvgIpc) is 3.08. The first kappa shape index (κ1) is 25.6. The van der Waals surface area contributed by atoms with Gasteiger partial charge >= 0.3 is 0 Å². The van der Waals surface area contributed by atoms with Gasteiger partial charge in [-0.3, -0.25) is 5.01 Å². The van der Waals surface area contributed by atoms with Gasteiger partial charge < -0.3 is 15.3 Å². The maximum Gasteiger partial charge on any atom is 0.140 e. The summed E-state index contributed by atoms with van der Waals surface area (Å²) in [7, 11) is 1.89. The Labute approximate surface area is 181 Å². The molecule has 2 heterocycles. The van der Waals surface area contributed by atoms with Gasteiger partial charge in [0.15, 0.2) is 0 Å². The van der Waals surface area contributed by atoms with Crippen molar-refractivity contribution in [2.45, 2.75) is 32.1 Å². The predicted octanol–water partition coefficient (Wildman–Crippen LogP) is 4.75. The molecule has 2 aliphatic heterocycles. The van der Waals surface area contributed by atoms with Gasteiger partial charge in [0.2, 0.25) is 0 Å². The quantitative estimate of drug-likeness (QED) is 0.698. The number of fused-ring (bicyclic) bond motifs is 2. The number of thioether (sulfide) groups is 1. The van der Waals surface area contributed by atoms with Crippen molar-refractivity contribution >= 4 is 23.6 Å². The molecule has 2 aliphatic rings. The molecule has 0 bridgehead atoms. The summed E-state index contributed by atoms with van der Waals surface area (Å²) in [6.45, 7) is 9.23. The number of nitrogens with two attached hydrogens (primary N) is 1. The van der Waals surface area contributed by atoms with Crippen LogP contribution in [0.15, 0.2) is 47.6 Å². The maximum atomic E-state index is 13.5. The maximum absolute atomic E-state index is 13.5. The van der Waals surface area contributed by atoms with E-state index in [0.29, 0.717) is 17.2 Å². The molecule has 2 aromatic rings. The Kier molecular flexibility index (Phi) is 10.5. The average molecular weight is 438 g/mol. The first-order valence-corrected chi connectivity index (χ1v) is 10.5. The molecule has 164 valence electrons. The second kappa shape index (κ2) is 12.3. The normalized spacial score (nSPS) is 18.4. The molecule has 0 saturated heterocycles. The Balaban J connectivity index is 0.000000579. The van der Waals surface area contributed by atoms with E-state index in [2.05, 4.69) is 5.10 Å². The van der Waals surface area contributed by atoms with Crippen LogP contribution in [0.1, 0.15) is 38.3 Å². The van der Waals surface area contributed by atoms with Crippen LogP contribution in [-0.4, -0.2) is 37.0 Å². The van der Waals surface area contributed by atoms with Crippen LogP contribution in [0, 0.1) is 11.6 Å². The standard InChI is InChI=1S/C17H14F2N2OS.C2H7N.C2H6.CH2O/c1-21-17(6-7-22-15-5-3-2-4-14(15)17)23-16(20-21)11-8-12(18)10-13(19)9-11;1-2-3;2*1-2/h2-5,8-10H,6-7H2,1H3;2-3H2,1H3;1-2H3;1H2. The highest BCUT2D eigenvalue weighted by atomic mass is 32.2. The molecule has 8 heteroatoms. The fourth-order valence-electron chi connectivity index (χ4n) is 3.05. The minimum absolute atomic E-state index is 0.396. The number of rotatable bonds is 1. The fourth-order valence-corrected chi connectivity index (χ4v) is 4.40. The number of ether oxygens (including phenoxy) is 1. The summed E-state index contributed by atoms with van der Waals surface area (Å²) >= 11 is 1.52. The Hall–Kier alpha value is -2.45. The van der Waals surface area contributed by atoms with Crippen molar-refractivity contribution < 1.29 is 18.3 Å². The van der Waals surface area contributed by atoms with E-state index in [0.717, 1.165) is 30.3 Å². The SMILES string of the molecule is C=O.CC.CCN.CN1N=C(c2cc(F)cc(F)c2)SC12CCOc1ccccc12. The first-order valence-electron chi connectivity index (χ1n) is 9.69. The van der Waals surface area contributed by atoms with Crippen molar-refractivity contribution in [3.05, 3.63) is 65.2 Å². The van der Waals surface area contributed by atoms with E-state index < -0.39 is 16.5 Å². The number of hydrogen-bond donors (Lipinski definition) is 1.